The fourth-order valence-electron chi connectivity index (χ4n) is 2.61. The van der Waals surface area contributed by atoms with Gasteiger partial charge >= 0.3 is 0 Å². The summed E-state index contributed by atoms with van der Waals surface area (Å²) >= 11 is 12.0. The van der Waals surface area contributed by atoms with E-state index in [1.807, 2.05) is 6.92 Å². The van der Waals surface area contributed by atoms with Gasteiger partial charge in [-0.3, -0.25) is 4.99 Å². The first kappa shape index (κ1) is 22.6. The number of hydrogen-bond donors (Lipinski definition) is 3. The Bertz CT molecular complexity index is 555. The lowest BCUT2D eigenvalue weighted by molar-refractivity contribution is 0.114. The molecule has 0 aromatic heterocycles. The Labute approximate surface area is 176 Å². The van der Waals surface area contributed by atoms with Crippen LogP contribution in [0.5, 0.6) is 5.75 Å². The fourth-order valence-corrected chi connectivity index (χ4v) is 2.96. The van der Waals surface area contributed by atoms with Crippen LogP contribution in [0.2, 0.25) is 10.0 Å². The number of rotatable bonds is 7. The number of aliphatic hydroxyl groups is 1. The minimum atomic E-state index is -0.723. The summed E-state index contributed by atoms with van der Waals surface area (Å²) in [6.45, 7) is 3.16. The number of aliphatic hydroxyl groups excluding tert-OH is 1. The van der Waals surface area contributed by atoms with E-state index < -0.39 is 6.10 Å². The van der Waals surface area contributed by atoms with Crippen LogP contribution in [0.4, 0.5) is 0 Å². The molecule has 1 saturated carbocycles. The Morgan fingerprint density at radius 2 is 2.08 bits per heavy atom. The van der Waals surface area contributed by atoms with Gasteiger partial charge in [0.15, 0.2) is 5.96 Å². The summed E-state index contributed by atoms with van der Waals surface area (Å²) in [5.74, 6) is 1.20. The summed E-state index contributed by atoms with van der Waals surface area (Å²) in [7, 11) is 0. The second-order valence-corrected chi connectivity index (χ2v) is 6.65. The maximum Gasteiger partial charge on any atom is 0.191 e. The Balaban J connectivity index is 0.00000312. The van der Waals surface area contributed by atoms with Crippen LogP contribution >= 0.6 is 47.2 Å². The minimum Gasteiger partial charge on any atom is -0.489 e. The second kappa shape index (κ2) is 12.0. The highest BCUT2D eigenvalue weighted by molar-refractivity contribution is 14.0. The number of benzene rings is 1. The highest BCUT2D eigenvalue weighted by Gasteiger charge is 2.16. The zero-order chi connectivity index (χ0) is 17.4. The summed E-state index contributed by atoms with van der Waals surface area (Å²) in [5, 5.41) is 17.5. The summed E-state index contributed by atoms with van der Waals surface area (Å²) in [4.78, 5) is 4.43. The lowest BCUT2D eigenvalue weighted by Gasteiger charge is -2.17. The van der Waals surface area contributed by atoms with Crippen molar-refractivity contribution in [2.24, 2.45) is 4.99 Å². The van der Waals surface area contributed by atoms with Crippen molar-refractivity contribution in [3.8, 4) is 5.75 Å². The van der Waals surface area contributed by atoms with Crippen molar-refractivity contribution in [3.63, 3.8) is 0 Å². The van der Waals surface area contributed by atoms with Gasteiger partial charge in [0.25, 0.3) is 0 Å². The largest absolute Gasteiger partial charge is 0.489 e. The molecule has 25 heavy (non-hydrogen) atoms. The zero-order valence-corrected chi connectivity index (χ0v) is 18.1. The fraction of sp³-hybridized carbons (Fsp3) is 0.588. The molecule has 0 heterocycles. The van der Waals surface area contributed by atoms with E-state index in [9.17, 15) is 5.11 Å². The molecule has 1 aromatic rings. The van der Waals surface area contributed by atoms with Crippen LogP contribution < -0.4 is 15.4 Å². The number of nitrogens with one attached hydrogen (secondary N) is 2. The molecule has 0 saturated heterocycles. The van der Waals surface area contributed by atoms with Gasteiger partial charge in [-0.05, 0) is 31.9 Å². The molecule has 0 bridgehead atoms. The van der Waals surface area contributed by atoms with Crippen LogP contribution in [0.1, 0.15) is 32.6 Å². The van der Waals surface area contributed by atoms with Crippen molar-refractivity contribution < 1.29 is 9.84 Å². The number of halogens is 3. The van der Waals surface area contributed by atoms with E-state index in [0.717, 1.165) is 12.5 Å². The molecule has 2 rings (SSSR count). The molecule has 1 unspecified atom stereocenters. The van der Waals surface area contributed by atoms with Gasteiger partial charge in [0, 0.05) is 12.6 Å². The number of nitrogens with zero attached hydrogens (tertiary/aromatic N) is 1. The maximum atomic E-state index is 10.1. The SMILES string of the molecule is CCNC(=NCC(O)COc1cccc(Cl)c1Cl)NC1CCCC1.I. The van der Waals surface area contributed by atoms with Crippen molar-refractivity contribution >= 4 is 53.1 Å². The number of ether oxygens (including phenoxy) is 1. The third-order valence-corrected chi connectivity index (χ3v) is 4.65. The van der Waals surface area contributed by atoms with Crippen LogP contribution in [-0.2, 0) is 0 Å². The molecule has 1 aliphatic carbocycles. The molecule has 142 valence electrons. The monoisotopic (exact) mass is 501 g/mol. The lowest BCUT2D eigenvalue weighted by atomic mass is 10.2. The van der Waals surface area contributed by atoms with Crippen molar-refractivity contribution in [2.75, 3.05) is 19.7 Å². The van der Waals surface area contributed by atoms with Gasteiger partial charge in [0.05, 0.1) is 11.6 Å². The van der Waals surface area contributed by atoms with E-state index in [1.54, 1.807) is 18.2 Å². The highest BCUT2D eigenvalue weighted by Crippen LogP contribution is 2.31. The smallest absolute Gasteiger partial charge is 0.191 e. The van der Waals surface area contributed by atoms with E-state index in [2.05, 4.69) is 15.6 Å². The Morgan fingerprint density at radius 3 is 2.76 bits per heavy atom. The van der Waals surface area contributed by atoms with E-state index in [4.69, 9.17) is 27.9 Å². The Morgan fingerprint density at radius 1 is 1.36 bits per heavy atom. The summed E-state index contributed by atoms with van der Waals surface area (Å²) in [5.41, 5.74) is 0. The van der Waals surface area contributed by atoms with Gasteiger partial charge < -0.3 is 20.5 Å². The molecule has 1 aliphatic rings. The van der Waals surface area contributed by atoms with Crippen molar-refractivity contribution in [2.45, 2.75) is 44.8 Å². The zero-order valence-electron chi connectivity index (χ0n) is 14.3. The van der Waals surface area contributed by atoms with Crippen LogP contribution in [-0.4, -0.2) is 42.9 Å². The van der Waals surface area contributed by atoms with Gasteiger partial charge in [0.2, 0.25) is 0 Å². The van der Waals surface area contributed by atoms with E-state index in [-0.39, 0.29) is 37.1 Å². The van der Waals surface area contributed by atoms with Gasteiger partial charge in [-0.15, -0.1) is 24.0 Å². The average molecular weight is 502 g/mol. The third-order valence-electron chi connectivity index (χ3n) is 3.85. The first-order valence-electron chi connectivity index (χ1n) is 8.40. The lowest BCUT2D eigenvalue weighted by Crippen LogP contribution is -2.43. The normalized spacial score (nSPS) is 16.2. The number of guanidine groups is 1. The first-order chi connectivity index (χ1) is 11.6. The predicted molar refractivity (Wildman–Crippen MR) is 115 cm³/mol. The molecule has 8 heteroatoms. The van der Waals surface area contributed by atoms with Crippen molar-refractivity contribution in [1.82, 2.24) is 10.6 Å². The van der Waals surface area contributed by atoms with Crippen molar-refractivity contribution in [3.05, 3.63) is 28.2 Å². The number of aliphatic imine (C=N–C) groups is 1. The molecule has 3 N–H and O–H groups in total. The van der Waals surface area contributed by atoms with E-state index in [0.29, 0.717) is 21.8 Å². The van der Waals surface area contributed by atoms with Crippen LogP contribution in [0.15, 0.2) is 23.2 Å². The average Bonchev–Trinajstić information content (AvgIpc) is 3.07. The van der Waals surface area contributed by atoms with Crippen LogP contribution in [0.25, 0.3) is 0 Å². The second-order valence-electron chi connectivity index (χ2n) is 5.86. The molecule has 0 radical (unpaired) electrons. The van der Waals surface area contributed by atoms with Gasteiger partial charge in [-0.1, -0.05) is 42.1 Å². The first-order valence-corrected chi connectivity index (χ1v) is 9.15. The third kappa shape index (κ3) is 7.76. The molecular weight excluding hydrogens is 476 g/mol. The molecule has 0 aliphatic heterocycles. The maximum absolute atomic E-state index is 10.1. The standard InChI is InChI=1S/C17H25Cl2N3O2.HI/c1-2-20-17(22-12-6-3-4-7-12)21-10-13(23)11-24-15-9-5-8-14(18)16(15)19;/h5,8-9,12-13,23H,2-4,6-7,10-11H2,1H3,(H2,20,21,22);1H. The van der Waals surface area contributed by atoms with Crippen molar-refractivity contribution in [1.29, 1.82) is 0 Å². The topological polar surface area (TPSA) is 65.9 Å². The van der Waals surface area contributed by atoms with E-state index in [1.165, 1.54) is 25.7 Å². The van der Waals surface area contributed by atoms with Gasteiger partial charge in [0.1, 0.15) is 23.5 Å². The van der Waals surface area contributed by atoms with Crippen LogP contribution in [0.3, 0.4) is 0 Å². The van der Waals surface area contributed by atoms with Crippen LogP contribution in [0, 0.1) is 0 Å². The minimum absolute atomic E-state index is 0. The molecular formula is C17H26Cl2IN3O2. The predicted octanol–water partition coefficient (Wildman–Crippen LogP) is 3.85. The Kier molecular flexibility index (Phi) is 10.9. The highest BCUT2D eigenvalue weighted by atomic mass is 127. The number of hydrogen-bond acceptors (Lipinski definition) is 3. The molecule has 1 atom stereocenters. The van der Waals surface area contributed by atoms with E-state index >= 15 is 0 Å². The molecule has 0 spiro atoms. The molecule has 0 amide bonds. The quantitative estimate of drug-likeness (QED) is 0.301. The molecule has 5 nitrogen and oxygen atoms in total. The van der Waals surface area contributed by atoms with Gasteiger partial charge in [-0.25, -0.2) is 0 Å². The molecule has 1 aromatic carbocycles. The van der Waals surface area contributed by atoms with Gasteiger partial charge in [-0.2, -0.15) is 0 Å². The summed E-state index contributed by atoms with van der Waals surface area (Å²) in [6.07, 6.45) is 4.13. The summed E-state index contributed by atoms with van der Waals surface area (Å²) < 4.78 is 5.53. The summed E-state index contributed by atoms with van der Waals surface area (Å²) in [6, 6.07) is 5.63. The Hall–Kier alpha value is -0.440. The molecule has 1 fully saturated rings.